The number of sulfonamides is 1. The standard InChI is InChI=1S/C17H12Cl2F7NO4S/c18-9-1-2-13(19)14(3-9)32(28,29)27-10-4-11(30-7-16(22,23)15(20)21)6-12(5-10)31-8-17(24,25)26/h1-6,15,27H,7-8H2. The van der Waals surface area contributed by atoms with Gasteiger partial charge in [-0.3, -0.25) is 4.72 Å². The summed E-state index contributed by atoms with van der Waals surface area (Å²) in [5.41, 5.74) is -0.490. The molecule has 0 heterocycles. The molecule has 0 aliphatic heterocycles. The highest BCUT2D eigenvalue weighted by atomic mass is 35.5. The van der Waals surface area contributed by atoms with E-state index in [2.05, 4.69) is 9.47 Å². The van der Waals surface area contributed by atoms with Crippen molar-refractivity contribution in [1.82, 2.24) is 0 Å². The molecule has 0 aromatic heterocycles. The molecule has 0 aliphatic carbocycles. The number of hydrogen-bond acceptors (Lipinski definition) is 4. The lowest BCUT2D eigenvalue weighted by Gasteiger charge is -2.18. The minimum Gasteiger partial charge on any atom is -0.487 e. The Morgan fingerprint density at radius 2 is 1.47 bits per heavy atom. The maximum Gasteiger partial charge on any atom is 0.422 e. The molecular formula is C17H12Cl2F7NO4S. The van der Waals surface area contributed by atoms with Crippen LogP contribution in [-0.4, -0.2) is 40.2 Å². The van der Waals surface area contributed by atoms with Crippen LogP contribution in [0, 0.1) is 0 Å². The number of alkyl halides is 7. The quantitative estimate of drug-likeness (QED) is 0.404. The zero-order valence-electron chi connectivity index (χ0n) is 15.4. The number of ether oxygens (including phenoxy) is 2. The van der Waals surface area contributed by atoms with Crippen molar-refractivity contribution in [2.45, 2.75) is 23.4 Å². The van der Waals surface area contributed by atoms with Crippen molar-refractivity contribution in [3.8, 4) is 11.5 Å². The molecule has 0 radical (unpaired) electrons. The van der Waals surface area contributed by atoms with Gasteiger partial charge in [-0.05, 0) is 18.2 Å². The lowest BCUT2D eigenvalue weighted by atomic mass is 10.3. The van der Waals surface area contributed by atoms with Crippen LogP contribution in [0.3, 0.4) is 0 Å². The van der Waals surface area contributed by atoms with Gasteiger partial charge in [0.2, 0.25) is 0 Å². The Balaban J connectivity index is 2.38. The maximum atomic E-state index is 13.1. The topological polar surface area (TPSA) is 64.6 Å². The Morgan fingerprint density at radius 1 is 0.906 bits per heavy atom. The number of anilines is 1. The van der Waals surface area contributed by atoms with Gasteiger partial charge < -0.3 is 9.47 Å². The van der Waals surface area contributed by atoms with Crippen molar-refractivity contribution in [3.63, 3.8) is 0 Å². The summed E-state index contributed by atoms with van der Waals surface area (Å²) in [6.07, 6.45) is -8.86. The molecule has 0 aliphatic rings. The van der Waals surface area contributed by atoms with Gasteiger partial charge in [0.05, 0.1) is 10.7 Å². The highest BCUT2D eigenvalue weighted by Crippen LogP contribution is 2.32. The van der Waals surface area contributed by atoms with Gasteiger partial charge in [0.25, 0.3) is 10.0 Å². The van der Waals surface area contributed by atoms with Crippen LogP contribution in [0.25, 0.3) is 0 Å². The van der Waals surface area contributed by atoms with E-state index in [-0.39, 0.29) is 10.0 Å². The van der Waals surface area contributed by atoms with E-state index in [1.807, 2.05) is 4.72 Å². The van der Waals surface area contributed by atoms with Crippen LogP contribution in [0.15, 0.2) is 41.3 Å². The lowest BCUT2D eigenvalue weighted by Crippen LogP contribution is -2.33. The smallest absolute Gasteiger partial charge is 0.422 e. The largest absolute Gasteiger partial charge is 0.487 e. The number of benzene rings is 2. The average Bonchev–Trinajstić information content (AvgIpc) is 2.65. The molecule has 0 saturated heterocycles. The number of halogens is 9. The first kappa shape index (κ1) is 26.1. The highest BCUT2D eigenvalue weighted by Gasteiger charge is 2.41. The molecule has 2 aromatic carbocycles. The van der Waals surface area contributed by atoms with Crippen LogP contribution in [0.2, 0.25) is 10.0 Å². The van der Waals surface area contributed by atoms with Gasteiger partial charge in [-0.25, -0.2) is 17.2 Å². The van der Waals surface area contributed by atoms with E-state index in [1.54, 1.807) is 0 Å². The first-order valence-electron chi connectivity index (χ1n) is 8.20. The molecule has 2 rings (SSSR count). The van der Waals surface area contributed by atoms with E-state index in [9.17, 15) is 39.2 Å². The minimum atomic E-state index is -4.78. The van der Waals surface area contributed by atoms with Crippen LogP contribution >= 0.6 is 23.2 Å². The molecular weight excluding hydrogens is 518 g/mol. The van der Waals surface area contributed by atoms with E-state index in [0.717, 1.165) is 18.2 Å². The monoisotopic (exact) mass is 529 g/mol. The lowest BCUT2D eigenvalue weighted by molar-refractivity contribution is -0.153. The van der Waals surface area contributed by atoms with E-state index >= 15 is 0 Å². The molecule has 0 atom stereocenters. The molecule has 0 saturated carbocycles. The third-order valence-electron chi connectivity index (χ3n) is 3.47. The van der Waals surface area contributed by atoms with E-state index in [0.29, 0.717) is 6.07 Å². The molecule has 178 valence electrons. The maximum absolute atomic E-state index is 13.1. The molecule has 32 heavy (non-hydrogen) atoms. The SMILES string of the molecule is O=S(=O)(Nc1cc(OCC(F)(F)F)cc(OCC(F)(F)C(F)F)c1)c1cc(Cl)ccc1Cl. The molecule has 0 amide bonds. The van der Waals surface area contributed by atoms with Gasteiger partial charge in [0, 0.05) is 23.2 Å². The zero-order chi connectivity index (χ0) is 24.3. The normalized spacial score (nSPS) is 12.7. The first-order chi connectivity index (χ1) is 14.6. The third-order valence-corrected chi connectivity index (χ3v) is 5.57. The molecule has 2 aromatic rings. The summed E-state index contributed by atoms with van der Waals surface area (Å²) in [6, 6.07) is 5.71. The summed E-state index contributed by atoms with van der Waals surface area (Å²) >= 11 is 11.6. The molecule has 5 nitrogen and oxygen atoms in total. The van der Waals surface area contributed by atoms with Crippen molar-refractivity contribution >= 4 is 38.9 Å². The number of hydrogen-bond donors (Lipinski definition) is 1. The van der Waals surface area contributed by atoms with E-state index < -0.39 is 63.8 Å². The van der Waals surface area contributed by atoms with Crippen LogP contribution in [0.5, 0.6) is 11.5 Å². The fraction of sp³-hybridized carbons (Fsp3) is 0.294. The summed E-state index contributed by atoms with van der Waals surface area (Å²) in [5, 5.41) is -0.255. The van der Waals surface area contributed by atoms with E-state index in [4.69, 9.17) is 23.2 Å². The second kappa shape index (κ2) is 9.79. The summed E-state index contributed by atoms with van der Waals surface area (Å²) < 4.78 is 124. The minimum absolute atomic E-state index is 0.00436. The highest BCUT2D eigenvalue weighted by molar-refractivity contribution is 7.92. The van der Waals surface area contributed by atoms with Crippen LogP contribution in [0.1, 0.15) is 0 Å². The molecule has 1 N–H and O–H groups in total. The van der Waals surface area contributed by atoms with Gasteiger partial charge in [0.1, 0.15) is 16.4 Å². The molecule has 0 unspecified atom stereocenters. The Hall–Kier alpha value is -2.12. The fourth-order valence-corrected chi connectivity index (χ4v) is 3.90. The van der Waals surface area contributed by atoms with Gasteiger partial charge in [0.15, 0.2) is 13.2 Å². The number of nitrogens with one attached hydrogen (secondary N) is 1. The molecule has 0 bridgehead atoms. The van der Waals surface area contributed by atoms with Crippen molar-refractivity contribution in [2.24, 2.45) is 0 Å². The third kappa shape index (κ3) is 7.48. The second-order valence-corrected chi connectivity index (χ2v) is 8.62. The van der Waals surface area contributed by atoms with Crippen molar-refractivity contribution in [2.75, 3.05) is 17.9 Å². The summed E-state index contributed by atoms with van der Waals surface area (Å²) in [4.78, 5) is -0.500. The fourth-order valence-electron chi connectivity index (χ4n) is 2.10. The van der Waals surface area contributed by atoms with Crippen LogP contribution in [0.4, 0.5) is 36.4 Å². The van der Waals surface area contributed by atoms with Crippen molar-refractivity contribution < 1.29 is 48.6 Å². The summed E-state index contributed by atoms with van der Waals surface area (Å²) in [5.74, 6) is -5.88. The predicted molar refractivity (Wildman–Crippen MR) is 102 cm³/mol. The Labute approximate surface area is 187 Å². The van der Waals surface area contributed by atoms with Gasteiger partial charge in [-0.15, -0.1) is 0 Å². The second-order valence-electron chi connectivity index (χ2n) is 6.13. The Kier molecular flexibility index (Phi) is 8.00. The summed E-state index contributed by atoms with van der Waals surface area (Å²) in [7, 11) is -4.47. The van der Waals surface area contributed by atoms with Gasteiger partial charge in [-0.2, -0.15) is 22.0 Å². The average molecular weight is 530 g/mol. The van der Waals surface area contributed by atoms with Crippen molar-refractivity contribution in [1.29, 1.82) is 0 Å². The van der Waals surface area contributed by atoms with Crippen molar-refractivity contribution in [3.05, 3.63) is 46.4 Å². The zero-order valence-corrected chi connectivity index (χ0v) is 17.7. The molecule has 15 heteroatoms. The van der Waals surface area contributed by atoms with Crippen LogP contribution < -0.4 is 14.2 Å². The molecule has 0 spiro atoms. The summed E-state index contributed by atoms with van der Waals surface area (Å²) in [6.45, 7) is -3.64. The van der Waals surface area contributed by atoms with Crippen LogP contribution in [-0.2, 0) is 10.0 Å². The van der Waals surface area contributed by atoms with Gasteiger partial charge in [-0.1, -0.05) is 23.2 Å². The molecule has 0 fully saturated rings. The van der Waals surface area contributed by atoms with E-state index in [1.165, 1.54) is 12.1 Å². The Bertz CT molecular complexity index is 1070. The number of rotatable bonds is 9. The predicted octanol–water partition coefficient (Wildman–Crippen LogP) is 6.01. The first-order valence-corrected chi connectivity index (χ1v) is 10.4. The van der Waals surface area contributed by atoms with Gasteiger partial charge >= 0.3 is 18.5 Å². The Morgan fingerprint density at radius 3 is 2.00 bits per heavy atom.